The Morgan fingerprint density at radius 3 is 2.67 bits per heavy atom. The first kappa shape index (κ1) is 13.1. The molecule has 0 saturated heterocycles. The number of anilines is 1. The summed E-state index contributed by atoms with van der Waals surface area (Å²) in [6.07, 6.45) is 6.42. The van der Waals surface area contributed by atoms with E-state index >= 15 is 0 Å². The van der Waals surface area contributed by atoms with E-state index in [0.29, 0.717) is 23.4 Å². The van der Waals surface area contributed by atoms with Crippen molar-refractivity contribution < 1.29 is 4.74 Å². The van der Waals surface area contributed by atoms with Gasteiger partial charge >= 0.3 is 0 Å². The first-order chi connectivity index (χ1) is 8.61. The van der Waals surface area contributed by atoms with E-state index in [4.69, 9.17) is 10.5 Å². The fraction of sp³-hybridized carbons (Fsp3) is 0.714. The highest BCUT2D eigenvalue weighted by atomic mass is 16.5. The Bertz CT molecular complexity index is 420. The number of ether oxygens (including phenoxy) is 1. The molecule has 1 aromatic rings. The lowest BCUT2D eigenvalue weighted by atomic mass is 9.85. The van der Waals surface area contributed by atoms with Crippen molar-refractivity contribution in [3.8, 4) is 5.88 Å². The summed E-state index contributed by atoms with van der Waals surface area (Å²) in [5, 5.41) is 0. The van der Waals surface area contributed by atoms with Gasteiger partial charge in [-0.1, -0.05) is 13.3 Å². The molecule has 1 aliphatic carbocycles. The van der Waals surface area contributed by atoms with Gasteiger partial charge in [-0.25, -0.2) is 4.98 Å². The summed E-state index contributed by atoms with van der Waals surface area (Å²) in [6, 6.07) is 0. The minimum Gasteiger partial charge on any atom is -0.474 e. The van der Waals surface area contributed by atoms with Crippen molar-refractivity contribution in [2.75, 3.05) is 5.73 Å². The third kappa shape index (κ3) is 2.74. The number of nitrogens with two attached hydrogens (primary N) is 1. The van der Waals surface area contributed by atoms with Crippen LogP contribution in [0.2, 0.25) is 0 Å². The smallest absolute Gasteiger partial charge is 0.222 e. The molecule has 0 spiro atoms. The molecule has 2 rings (SSSR count). The highest BCUT2D eigenvalue weighted by Crippen LogP contribution is 2.31. The van der Waals surface area contributed by atoms with E-state index in [-0.39, 0.29) is 6.10 Å². The van der Waals surface area contributed by atoms with Crippen LogP contribution in [0, 0.1) is 19.8 Å². The van der Waals surface area contributed by atoms with Crippen LogP contribution in [0.3, 0.4) is 0 Å². The highest BCUT2D eigenvalue weighted by Gasteiger charge is 2.26. The minimum atomic E-state index is 0.288. The third-order valence-corrected chi connectivity index (χ3v) is 3.88. The Morgan fingerprint density at radius 2 is 1.94 bits per heavy atom. The van der Waals surface area contributed by atoms with E-state index in [2.05, 4.69) is 16.9 Å². The van der Waals surface area contributed by atoms with E-state index in [1.807, 2.05) is 13.8 Å². The number of aryl methyl sites for hydroxylation is 1. The molecular weight excluding hydrogens is 226 g/mol. The van der Waals surface area contributed by atoms with E-state index in [0.717, 1.165) is 12.0 Å². The van der Waals surface area contributed by atoms with E-state index < -0.39 is 0 Å². The van der Waals surface area contributed by atoms with Crippen LogP contribution in [0.1, 0.15) is 50.4 Å². The predicted molar refractivity (Wildman–Crippen MR) is 72.6 cm³/mol. The second-order valence-electron chi connectivity index (χ2n) is 5.20. The Kier molecular flexibility index (Phi) is 4.04. The van der Waals surface area contributed by atoms with E-state index in [1.165, 1.54) is 25.7 Å². The molecule has 1 fully saturated rings. The lowest BCUT2D eigenvalue weighted by Crippen LogP contribution is -2.30. The van der Waals surface area contributed by atoms with Crippen LogP contribution >= 0.6 is 0 Å². The topological polar surface area (TPSA) is 61.0 Å². The molecular formula is C14H23N3O. The molecule has 0 bridgehead atoms. The predicted octanol–water partition coefficient (Wildman–Crippen LogP) is 3.02. The van der Waals surface area contributed by atoms with Crippen molar-refractivity contribution in [2.45, 2.75) is 59.0 Å². The molecule has 2 atom stereocenters. The lowest BCUT2D eigenvalue weighted by Gasteiger charge is -2.31. The van der Waals surface area contributed by atoms with Gasteiger partial charge < -0.3 is 10.5 Å². The fourth-order valence-corrected chi connectivity index (χ4v) is 2.68. The van der Waals surface area contributed by atoms with Gasteiger partial charge in [0.05, 0.1) is 5.56 Å². The van der Waals surface area contributed by atoms with Gasteiger partial charge in [0.2, 0.25) is 5.88 Å². The van der Waals surface area contributed by atoms with Crippen LogP contribution in [0.5, 0.6) is 5.88 Å². The van der Waals surface area contributed by atoms with Gasteiger partial charge in [-0.15, -0.1) is 0 Å². The first-order valence-electron chi connectivity index (χ1n) is 6.89. The zero-order valence-corrected chi connectivity index (χ0v) is 11.6. The van der Waals surface area contributed by atoms with Gasteiger partial charge in [0.25, 0.3) is 0 Å². The molecule has 1 aliphatic rings. The summed E-state index contributed by atoms with van der Waals surface area (Å²) in [7, 11) is 0. The van der Waals surface area contributed by atoms with Crippen LogP contribution in [0.25, 0.3) is 0 Å². The molecule has 2 N–H and O–H groups in total. The molecule has 1 saturated carbocycles. The molecule has 100 valence electrons. The van der Waals surface area contributed by atoms with Crippen molar-refractivity contribution in [1.82, 2.24) is 9.97 Å². The van der Waals surface area contributed by atoms with Gasteiger partial charge in [0.1, 0.15) is 17.7 Å². The van der Waals surface area contributed by atoms with Gasteiger partial charge in [-0.3, -0.25) is 0 Å². The van der Waals surface area contributed by atoms with Crippen molar-refractivity contribution in [3.05, 3.63) is 11.4 Å². The maximum absolute atomic E-state index is 6.12. The molecule has 4 heteroatoms. The molecule has 4 nitrogen and oxygen atoms in total. The van der Waals surface area contributed by atoms with E-state index in [9.17, 15) is 0 Å². The van der Waals surface area contributed by atoms with E-state index in [1.54, 1.807) is 0 Å². The normalized spacial score (nSPS) is 23.9. The average Bonchev–Trinajstić information content (AvgIpc) is 2.36. The van der Waals surface area contributed by atoms with Crippen LogP contribution < -0.4 is 10.5 Å². The summed E-state index contributed by atoms with van der Waals surface area (Å²) in [5.41, 5.74) is 6.72. The minimum absolute atomic E-state index is 0.288. The van der Waals surface area contributed by atoms with Crippen LogP contribution in [-0.2, 0) is 0 Å². The molecule has 1 heterocycles. The number of hydrogen-bond acceptors (Lipinski definition) is 4. The van der Waals surface area contributed by atoms with Crippen molar-refractivity contribution >= 4 is 5.82 Å². The number of nitrogen functional groups attached to an aromatic ring is 1. The summed E-state index contributed by atoms with van der Waals surface area (Å²) in [5.74, 6) is 2.53. The van der Waals surface area contributed by atoms with Gasteiger partial charge in [0.15, 0.2) is 0 Å². The number of nitrogens with zero attached hydrogens (tertiary/aromatic N) is 2. The summed E-state index contributed by atoms with van der Waals surface area (Å²) in [6.45, 7) is 6.01. The summed E-state index contributed by atoms with van der Waals surface area (Å²) in [4.78, 5) is 8.54. The Balaban J connectivity index is 2.17. The Morgan fingerprint density at radius 1 is 1.22 bits per heavy atom. The molecule has 0 amide bonds. The van der Waals surface area contributed by atoms with Gasteiger partial charge in [0, 0.05) is 0 Å². The quantitative estimate of drug-likeness (QED) is 0.894. The average molecular weight is 249 g/mol. The van der Waals surface area contributed by atoms with Gasteiger partial charge in [-0.05, 0) is 45.4 Å². The Hall–Kier alpha value is -1.32. The lowest BCUT2D eigenvalue weighted by molar-refractivity contribution is 0.0849. The van der Waals surface area contributed by atoms with Crippen LogP contribution in [-0.4, -0.2) is 16.1 Å². The maximum atomic E-state index is 6.12. The maximum Gasteiger partial charge on any atom is 0.222 e. The van der Waals surface area contributed by atoms with Crippen LogP contribution in [0.15, 0.2) is 0 Å². The second kappa shape index (κ2) is 5.55. The number of aromatic nitrogens is 2. The SMILES string of the molecule is CCC1CCCCC1Oc1nc(C)nc(N)c1C. The molecule has 0 radical (unpaired) electrons. The van der Waals surface area contributed by atoms with Crippen LogP contribution in [0.4, 0.5) is 5.82 Å². The fourth-order valence-electron chi connectivity index (χ4n) is 2.68. The van der Waals surface area contributed by atoms with Crippen molar-refractivity contribution in [3.63, 3.8) is 0 Å². The monoisotopic (exact) mass is 249 g/mol. The molecule has 2 unspecified atom stereocenters. The highest BCUT2D eigenvalue weighted by molar-refractivity contribution is 5.44. The zero-order chi connectivity index (χ0) is 13.1. The molecule has 0 aromatic carbocycles. The van der Waals surface area contributed by atoms with Crippen molar-refractivity contribution in [1.29, 1.82) is 0 Å². The third-order valence-electron chi connectivity index (χ3n) is 3.88. The summed E-state index contributed by atoms with van der Waals surface area (Å²) < 4.78 is 6.12. The van der Waals surface area contributed by atoms with Crippen molar-refractivity contribution in [2.24, 2.45) is 5.92 Å². The zero-order valence-electron chi connectivity index (χ0n) is 11.6. The molecule has 0 aliphatic heterocycles. The summed E-state index contributed by atoms with van der Waals surface area (Å²) >= 11 is 0. The number of hydrogen-bond donors (Lipinski definition) is 1. The Labute approximate surface area is 109 Å². The number of rotatable bonds is 3. The van der Waals surface area contributed by atoms with Gasteiger partial charge in [-0.2, -0.15) is 4.98 Å². The molecule has 18 heavy (non-hydrogen) atoms. The molecule has 1 aromatic heterocycles. The first-order valence-corrected chi connectivity index (χ1v) is 6.89. The largest absolute Gasteiger partial charge is 0.474 e. The standard InChI is InChI=1S/C14H23N3O/c1-4-11-7-5-6-8-12(11)18-14-9(2)13(15)16-10(3)17-14/h11-12H,4-8H2,1-3H3,(H2,15,16,17). The second-order valence-corrected chi connectivity index (χ2v) is 5.20.